The first kappa shape index (κ1) is 15.7. The Bertz CT molecular complexity index is 831. The van der Waals surface area contributed by atoms with Gasteiger partial charge in [-0.1, -0.05) is 24.3 Å². The van der Waals surface area contributed by atoms with Crippen LogP contribution in [0.2, 0.25) is 0 Å². The second kappa shape index (κ2) is 6.97. The number of para-hydroxylation sites is 2. The number of likely N-dealkylation sites (tertiary alicyclic amines) is 1. The molecule has 0 bridgehead atoms. The van der Waals surface area contributed by atoms with E-state index < -0.39 is 0 Å². The molecule has 2 aromatic carbocycles. The van der Waals surface area contributed by atoms with Crippen molar-refractivity contribution >= 4 is 23.0 Å². The number of carbonyl (C=O) groups excluding carboxylic acids is 1. The molecule has 1 saturated heterocycles. The number of benzene rings is 2. The van der Waals surface area contributed by atoms with Crippen molar-refractivity contribution < 1.29 is 9.21 Å². The van der Waals surface area contributed by atoms with Gasteiger partial charge in [-0.15, -0.1) is 0 Å². The number of fused-ring (bicyclic) bond motifs is 1. The van der Waals surface area contributed by atoms with E-state index in [1.54, 1.807) is 0 Å². The minimum atomic E-state index is 0.137. The van der Waals surface area contributed by atoms with E-state index in [1.165, 1.54) is 6.42 Å². The van der Waals surface area contributed by atoms with Gasteiger partial charge in [0.1, 0.15) is 5.52 Å². The average molecular weight is 335 g/mol. The molecule has 4 rings (SSSR count). The Morgan fingerprint density at radius 1 is 1.04 bits per heavy atom. The van der Waals surface area contributed by atoms with E-state index >= 15 is 0 Å². The van der Waals surface area contributed by atoms with Gasteiger partial charge in [0.05, 0.1) is 0 Å². The standard InChI is InChI=1S/C20H21N3O2/c24-19(23-12-4-1-5-13-23)16-10-8-15(9-11-16)14-21-20-22-17-6-2-3-7-18(17)25-20/h2-3,6-11H,1,4-5,12-14H2,(H,21,22). The molecular formula is C20H21N3O2. The summed E-state index contributed by atoms with van der Waals surface area (Å²) in [5.41, 5.74) is 3.45. The van der Waals surface area contributed by atoms with E-state index in [1.807, 2.05) is 53.4 Å². The monoisotopic (exact) mass is 335 g/mol. The lowest BCUT2D eigenvalue weighted by atomic mass is 10.1. The van der Waals surface area contributed by atoms with Crippen molar-refractivity contribution in [1.29, 1.82) is 0 Å². The molecule has 0 atom stereocenters. The van der Waals surface area contributed by atoms with Crippen LogP contribution in [-0.4, -0.2) is 28.9 Å². The predicted molar refractivity (Wildman–Crippen MR) is 97.5 cm³/mol. The second-order valence-corrected chi connectivity index (χ2v) is 6.39. The van der Waals surface area contributed by atoms with Crippen LogP contribution >= 0.6 is 0 Å². The summed E-state index contributed by atoms with van der Waals surface area (Å²) in [5, 5.41) is 3.19. The topological polar surface area (TPSA) is 58.4 Å². The molecule has 0 radical (unpaired) electrons. The number of rotatable bonds is 4. The van der Waals surface area contributed by atoms with Crippen molar-refractivity contribution in [3.05, 3.63) is 59.7 Å². The van der Waals surface area contributed by atoms with Crippen molar-refractivity contribution in [1.82, 2.24) is 9.88 Å². The lowest BCUT2D eigenvalue weighted by Gasteiger charge is -2.26. The van der Waals surface area contributed by atoms with Crippen LogP contribution in [0.4, 0.5) is 6.01 Å². The maximum absolute atomic E-state index is 12.5. The summed E-state index contributed by atoms with van der Waals surface area (Å²) in [6, 6.07) is 16.0. The molecule has 1 aromatic heterocycles. The van der Waals surface area contributed by atoms with Crippen LogP contribution in [0.3, 0.4) is 0 Å². The minimum Gasteiger partial charge on any atom is -0.424 e. The molecular weight excluding hydrogens is 314 g/mol. The number of oxazole rings is 1. The Labute approximate surface area is 146 Å². The molecule has 1 aliphatic rings. The van der Waals surface area contributed by atoms with E-state index in [9.17, 15) is 4.79 Å². The highest BCUT2D eigenvalue weighted by atomic mass is 16.4. The summed E-state index contributed by atoms with van der Waals surface area (Å²) in [5.74, 6) is 0.137. The summed E-state index contributed by atoms with van der Waals surface area (Å²) in [7, 11) is 0. The fraction of sp³-hybridized carbons (Fsp3) is 0.300. The first-order chi connectivity index (χ1) is 12.3. The first-order valence-electron chi connectivity index (χ1n) is 8.77. The number of carbonyl (C=O) groups is 1. The Hall–Kier alpha value is -2.82. The van der Waals surface area contributed by atoms with Gasteiger partial charge in [0, 0.05) is 25.2 Å². The van der Waals surface area contributed by atoms with Crippen molar-refractivity contribution in [2.45, 2.75) is 25.8 Å². The quantitative estimate of drug-likeness (QED) is 0.781. The molecule has 0 spiro atoms. The van der Waals surface area contributed by atoms with Crippen molar-refractivity contribution in [3.8, 4) is 0 Å². The summed E-state index contributed by atoms with van der Waals surface area (Å²) in [4.78, 5) is 18.8. The molecule has 5 heteroatoms. The van der Waals surface area contributed by atoms with Gasteiger partial charge in [-0.25, -0.2) is 0 Å². The number of nitrogens with zero attached hydrogens (tertiary/aromatic N) is 2. The summed E-state index contributed by atoms with van der Waals surface area (Å²) < 4.78 is 5.65. The number of nitrogens with one attached hydrogen (secondary N) is 1. The lowest BCUT2D eigenvalue weighted by molar-refractivity contribution is 0.0724. The molecule has 2 heterocycles. The zero-order valence-corrected chi connectivity index (χ0v) is 14.1. The molecule has 1 fully saturated rings. The Kier molecular flexibility index (Phi) is 4.37. The largest absolute Gasteiger partial charge is 0.424 e. The number of aromatic nitrogens is 1. The fourth-order valence-corrected chi connectivity index (χ4v) is 3.17. The lowest BCUT2D eigenvalue weighted by Crippen LogP contribution is -2.35. The Balaban J connectivity index is 1.39. The van der Waals surface area contributed by atoms with Crippen LogP contribution in [0.25, 0.3) is 11.1 Å². The third kappa shape index (κ3) is 3.50. The van der Waals surface area contributed by atoms with Gasteiger partial charge in [0.25, 0.3) is 11.9 Å². The molecule has 1 amide bonds. The van der Waals surface area contributed by atoms with E-state index in [-0.39, 0.29) is 5.91 Å². The van der Waals surface area contributed by atoms with E-state index in [0.717, 1.165) is 48.2 Å². The van der Waals surface area contributed by atoms with Crippen LogP contribution in [0.5, 0.6) is 0 Å². The maximum atomic E-state index is 12.5. The molecule has 25 heavy (non-hydrogen) atoms. The molecule has 5 nitrogen and oxygen atoms in total. The van der Waals surface area contributed by atoms with Crippen molar-refractivity contribution in [2.75, 3.05) is 18.4 Å². The highest BCUT2D eigenvalue weighted by Gasteiger charge is 2.17. The molecule has 1 aliphatic heterocycles. The SMILES string of the molecule is O=C(c1ccc(CNc2nc3ccccc3o2)cc1)N1CCCCC1. The summed E-state index contributed by atoms with van der Waals surface area (Å²) >= 11 is 0. The van der Waals surface area contributed by atoms with E-state index in [0.29, 0.717) is 12.6 Å². The van der Waals surface area contributed by atoms with Crippen molar-refractivity contribution in [2.24, 2.45) is 0 Å². The van der Waals surface area contributed by atoms with Gasteiger partial charge in [-0.05, 0) is 49.1 Å². The van der Waals surface area contributed by atoms with Gasteiger partial charge < -0.3 is 14.6 Å². The first-order valence-corrected chi connectivity index (χ1v) is 8.77. The van der Waals surface area contributed by atoms with Crippen LogP contribution in [0.1, 0.15) is 35.2 Å². The molecule has 3 aromatic rings. The van der Waals surface area contributed by atoms with E-state index in [4.69, 9.17) is 4.42 Å². The fourth-order valence-electron chi connectivity index (χ4n) is 3.17. The van der Waals surface area contributed by atoms with Gasteiger partial charge in [-0.2, -0.15) is 4.98 Å². The summed E-state index contributed by atoms with van der Waals surface area (Å²) in [6.07, 6.45) is 3.45. The molecule has 0 unspecified atom stereocenters. The molecule has 128 valence electrons. The normalized spacial score (nSPS) is 14.6. The van der Waals surface area contributed by atoms with Gasteiger partial charge >= 0.3 is 0 Å². The van der Waals surface area contributed by atoms with Gasteiger partial charge in [-0.3, -0.25) is 4.79 Å². The maximum Gasteiger partial charge on any atom is 0.295 e. The summed E-state index contributed by atoms with van der Waals surface area (Å²) in [6.45, 7) is 2.35. The molecule has 1 N–H and O–H groups in total. The third-order valence-electron chi connectivity index (χ3n) is 4.58. The Morgan fingerprint density at radius 3 is 2.56 bits per heavy atom. The van der Waals surface area contributed by atoms with Crippen molar-refractivity contribution in [3.63, 3.8) is 0 Å². The highest BCUT2D eigenvalue weighted by Crippen LogP contribution is 2.19. The number of anilines is 1. The zero-order valence-electron chi connectivity index (χ0n) is 14.1. The second-order valence-electron chi connectivity index (χ2n) is 6.39. The molecule has 0 aliphatic carbocycles. The van der Waals surface area contributed by atoms with Crippen LogP contribution in [-0.2, 0) is 6.54 Å². The zero-order chi connectivity index (χ0) is 17.1. The smallest absolute Gasteiger partial charge is 0.295 e. The van der Waals surface area contributed by atoms with Gasteiger partial charge in [0.2, 0.25) is 0 Å². The van der Waals surface area contributed by atoms with Gasteiger partial charge in [0.15, 0.2) is 5.58 Å². The molecule has 0 saturated carbocycles. The van der Waals surface area contributed by atoms with Crippen LogP contribution in [0, 0.1) is 0 Å². The van der Waals surface area contributed by atoms with Crippen LogP contribution in [0.15, 0.2) is 52.9 Å². The predicted octanol–water partition coefficient (Wildman–Crippen LogP) is 4.07. The minimum absolute atomic E-state index is 0.137. The number of piperidine rings is 1. The third-order valence-corrected chi connectivity index (χ3v) is 4.58. The van der Waals surface area contributed by atoms with Crippen LogP contribution < -0.4 is 5.32 Å². The highest BCUT2D eigenvalue weighted by molar-refractivity contribution is 5.94. The average Bonchev–Trinajstić information content (AvgIpc) is 3.10. The number of hydrogen-bond acceptors (Lipinski definition) is 4. The van der Waals surface area contributed by atoms with E-state index in [2.05, 4.69) is 10.3 Å². The number of hydrogen-bond donors (Lipinski definition) is 1. The number of amides is 1. The Morgan fingerprint density at radius 2 is 1.80 bits per heavy atom.